The zero-order chi connectivity index (χ0) is 19.3. The monoisotopic (exact) mass is 505 g/mol. The molecule has 0 heterocycles. The molecule has 0 aliphatic heterocycles. The Morgan fingerprint density at radius 3 is 2.38 bits per heavy atom. The summed E-state index contributed by atoms with van der Waals surface area (Å²) in [7, 11) is 3.08. The van der Waals surface area contributed by atoms with E-state index in [-0.39, 0.29) is 19.1 Å². The van der Waals surface area contributed by atoms with Crippen LogP contribution in [0.3, 0.4) is 0 Å². The highest BCUT2D eigenvalue weighted by molar-refractivity contribution is 9.11. The number of carbonyl (C=O) groups is 1. The van der Waals surface area contributed by atoms with E-state index in [1.807, 2.05) is 19.1 Å². The Balaban J connectivity index is 1.97. The van der Waals surface area contributed by atoms with Gasteiger partial charge in [0.2, 0.25) is 0 Å². The molecule has 0 radical (unpaired) electrons. The summed E-state index contributed by atoms with van der Waals surface area (Å²) >= 11 is 13.1. The molecule has 0 unspecified atom stereocenters. The third-order valence-electron chi connectivity index (χ3n) is 3.57. The van der Waals surface area contributed by atoms with Gasteiger partial charge in [0, 0.05) is 22.1 Å². The molecule has 5 nitrogen and oxygen atoms in total. The van der Waals surface area contributed by atoms with Crippen LogP contribution in [0.2, 0.25) is 5.02 Å². The topological polar surface area (TPSA) is 56.8 Å². The van der Waals surface area contributed by atoms with Crippen molar-refractivity contribution in [3.05, 3.63) is 49.4 Å². The second-order valence-corrected chi connectivity index (χ2v) is 7.57. The van der Waals surface area contributed by atoms with Crippen LogP contribution in [-0.4, -0.2) is 26.7 Å². The van der Waals surface area contributed by atoms with E-state index >= 15 is 0 Å². The minimum absolute atomic E-state index is 0.105. The Hall–Kier alpha value is -1.44. The lowest BCUT2D eigenvalue weighted by Gasteiger charge is -2.14. The molecule has 2 aromatic carbocycles. The molecule has 0 spiro atoms. The maximum absolute atomic E-state index is 12.1. The van der Waals surface area contributed by atoms with Crippen LogP contribution >= 0.6 is 43.5 Å². The van der Waals surface area contributed by atoms with Crippen molar-refractivity contribution in [2.45, 2.75) is 13.5 Å². The second kappa shape index (κ2) is 9.48. The van der Waals surface area contributed by atoms with E-state index < -0.39 is 0 Å². The van der Waals surface area contributed by atoms with Crippen molar-refractivity contribution in [3.8, 4) is 17.2 Å². The number of amides is 1. The van der Waals surface area contributed by atoms with Gasteiger partial charge in [0.25, 0.3) is 5.91 Å². The fourth-order valence-corrected chi connectivity index (χ4v) is 4.06. The Morgan fingerprint density at radius 1 is 1.12 bits per heavy atom. The lowest BCUT2D eigenvalue weighted by Crippen LogP contribution is -2.28. The van der Waals surface area contributed by atoms with E-state index in [9.17, 15) is 4.79 Å². The molecule has 2 rings (SSSR count). The third-order valence-corrected chi connectivity index (χ3v) is 4.97. The highest BCUT2D eigenvalue weighted by atomic mass is 79.9. The molecule has 0 bridgehead atoms. The van der Waals surface area contributed by atoms with Crippen molar-refractivity contribution >= 4 is 49.4 Å². The molecule has 1 amide bonds. The molecule has 8 heteroatoms. The molecule has 0 aliphatic rings. The quantitative estimate of drug-likeness (QED) is 0.580. The van der Waals surface area contributed by atoms with E-state index in [1.165, 1.54) is 7.11 Å². The Labute approximate surface area is 174 Å². The number of hydrogen-bond donors (Lipinski definition) is 1. The van der Waals surface area contributed by atoms with Gasteiger partial charge in [0.15, 0.2) is 18.1 Å². The first-order valence-electron chi connectivity index (χ1n) is 7.61. The highest BCUT2D eigenvalue weighted by Gasteiger charge is 2.12. The Bertz CT molecular complexity index is 791. The molecular formula is C18H18Br2ClNO4. The lowest BCUT2D eigenvalue weighted by molar-refractivity contribution is -0.123. The molecule has 0 fully saturated rings. The van der Waals surface area contributed by atoms with Crippen molar-refractivity contribution in [2.75, 3.05) is 20.8 Å². The van der Waals surface area contributed by atoms with E-state index in [0.29, 0.717) is 22.3 Å². The van der Waals surface area contributed by atoms with Gasteiger partial charge in [0.05, 0.1) is 18.7 Å². The summed E-state index contributed by atoms with van der Waals surface area (Å²) in [6.45, 7) is 2.06. The van der Waals surface area contributed by atoms with Gasteiger partial charge in [0.1, 0.15) is 5.75 Å². The van der Waals surface area contributed by atoms with Crippen molar-refractivity contribution in [2.24, 2.45) is 0 Å². The highest BCUT2D eigenvalue weighted by Crippen LogP contribution is 2.33. The smallest absolute Gasteiger partial charge is 0.258 e. The summed E-state index contributed by atoms with van der Waals surface area (Å²) < 4.78 is 17.8. The van der Waals surface area contributed by atoms with Crippen LogP contribution in [0.25, 0.3) is 0 Å². The molecule has 0 saturated carbocycles. The number of hydrogen-bond acceptors (Lipinski definition) is 4. The van der Waals surface area contributed by atoms with E-state index in [1.54, 1.807) is 19.2 Å². The van der Waals surface area contributed by atoms with E-state index in [4.69, 9.17) is 25.8 Å². The van der Waals surface area contributed by atoms with Crippen LogP contribution < -0.4 is 19.5 Å². The fraction of sp³-hybridized carbons (Fsp3) is 0.278. The van der Waals surface area contributed by atoms with Gasteiger partial charge in [-0.3, -0.25) is 4.79 Å². The second-order valence-electron chi connectivity index (χ2n) is 5.40. The van der Waals surface area contributed by atoms with Crippen LogP contribution in [0.15, 0.2) is 33.2 Å². The van der Waals surface area contributed by atoms with E-state index in [0.717, 1.165) is 20.1 Å². The minimum atomic E-state index is -0.259. The summed E-state index contributed by atoms with van der Waals surface area (Å²) in [6.07, 6.45) is 0. The van der Waals surface area contributed by atoms with Gasteiger partial charge in [-0.1, -0.05) is 27.5 Å². The number of carbonyl (C=O) groups excluding carboxylic acids is 1. The number of rotatable bonds is 7. The number of benzene rings is 2. The molecule has 0 saturated heterocycles. The van der Waals surface area contributed by atoms with Crippen LogP contribution in [0.1, 0.15) is 11.1 Å². The summed E-state index contributed by atoms with van der Waals surface area (Å²) in [4.78, 5) is 12.1. The molecule has 0 atom stereocenters. The first-order valence-corrected chi connectivity index (χ1v) is 9.57. The van der Waals surface area contributed by atoms with Crippen LogP contribution in [0, 0.1) is 6.92 Å². The number of halogens is 3. The molecule has 140 valence electrons. The summed E-state index contributed by atoms with van der Waals surface area (Å²) in [5, 5.41) is 3.26. The summed E-state index contributed by atoms with van der Waals surface area (Å²) in [5.41, 5.74) is 1.64. The van der Waals surface area contributed by atoms with Crippen LogP contribution in [0.5, 0.6) is 17.2 Å². The van der Waals surface area contributed by atoms with Crippen molar-refractivity contribution < 1.29 is 19.0 Å². The maximum Gasteiger partial charge on any atom is 0.258 e. The Morgan fingerprint density at radius 2 is 1.77 bits per heavy atom. The maximum atomic E-state index is 12.1. The van der Waals surface area contributed by atoms with Crippen LogP contribution in [0.4, 0.5) is 0 Å². The largest absolute Gasteiger partial charge is 0.493 e. The standard InChI is InChI=1S/C18H18Br2ClNO4/c1-10-4-12(19)6-13(20)18(10)26-9-17(23)22-8-11-5-15(24-2)16(25-3)7-14(11)21/h4-7H,8-9H2,1-3H3,(H,22,23). The van der Waals surface area contributed by atoms with E-state index in [2.05, 4.69) is 37.2 Å². The predicted octanol–water partition coefficient (Wildman–Crippen LogP) is 4.89. The molecule has 0 aromatic heterocycles. The van der Waals surface area contributed by atoms with Crippen molar-refractivity contribution in [3.63, 3.8) is 0 Å². The number of aryl methyl sites for hydroxylation is 1. The summed E-state index contributed by atoms with van der Waals surface area (Å²) in [5.74, 6) is 1.45. The molecule has 1 N–H and O–H groups in total. The summed E-state index contributed by atoms with van der Waals surface area (Å²) in [6, 6.07) is 7.17. The first kappa shape index (κ1) is 20.9. The van der Waals surface area contributed by atoms with Gasteiger partial charge in [-0.2, -0.15) is 0 Å². The number of ether oxygens (including phenoxy) is 3. The fourth-order valence-electron chi connectivity index (χ4n) is 2.29. The molecule has 2 aromatic rings. The normalized spacial score (nSPS) is 10.4. The third kappa shape index (κ3) is 5.28. The minimum Gasteiger partial charge on any atom is -0.493 e. The lowest BCUT2D eigenvalue weighted by atomic mass is 10.2. The number of methoxy groups -OCH3 is 2. The van der Waals surface area contributed by atoms with Gasteiger partial charge in [-0.15, -0.1) is 0 Å². The number of nitrogens with one attached hydrogen (secondary N) is 1. The predicted molar refractivity (Wildman–Crippen MR) is 108 cm³/mol. The molecule has 26 heavy (non-hydrogen) atoms. The van der Waals surface area contributed by atoms with Gasteiger partial charge in [-0.25, -0.2) is 0 Å². The molecular weight excluding hydrogens is 489 g/mol. The SMILES string of the molecule is COc1cc(Cl)c(CNC(=O)COc2c(C)cc(Br)cc2Br)cc1OC. The first-order chi connectivity index (χ1) is 12.3. The van der Waals surface area contributed by atoms with Crippen LogP contribution in [-0.2, 0) is 11.3 Å². The van der Waals surface area contributed by atoms with Gasteiger partial charge >= 0.3 is 0 Å². The zero-order valence-corrected chi connectivity index (χ0v) is 18.4. The molecule has 0 aliphatic carbocycles. The van der Waals surface area contributed by atoms with Gasteiger partial charge < -0.3 is 19.5 Å². The van der Waals surface area contributed by atoms with Gasteiger partial charge in [-0.05, 0) is 52.2 Å². The van der Waals surface area contributed by atoms with Crippen molar-refractivity contribution in [1.82, 2.24) is 5.32 Å². The Kier molecular flexibility index (Phi) is 7.61. The average Bonchev–Trinajstić information content (AvgIpc) is 2.59. The van der Waals surface area contributed by atoms with Crippen molar-refractivity contribution in [1.29, 1.82) is 0 Å². The zero-order valence-electron chi connectivity index (χ0n) is 14.5. The average molecular weight is 508 g/mol.